The summed E-state index contributed by atoms with van der Waals surface area (Å²) in [7, 11) is 0. The number of ether oxygens (including phenoxy) is 3. The van der Waals surface area contributed by atoms with Gasteiger partial charge in [0, 0.05) is 19.4 Å². The van der Waals surface area contributed by atoms with Crippen LogP contribution in [0.3, 0.4) is 0 Å². The molecule has 6 nitrogen and oxygen atoms in total. The van der Waals surface area contributed by atoms with Gasteiger partial charge in [0.25, 0.3) is 0 Å². The van der Waals surface area contributed by atoms with E-state index in [0.29, 0.717) is 13.2 Å². The molecular formula is C23H30BrNO5. The number of likely N-dealkylation sites (tertiary alicyclic amines) is 1. The molecule has 1 spiro atoms. The van der Waals surface area contributed by atoms with Crippen LogP contribution in [0, 0.1) is 0 Å². The first-order valence-corrected chi connectivity index (χ1v) is 11.8. The molecule has 0 bridgehead atoms. The topological polar surface area (TPSA) is 65.1 Å². The maximum Gasteiger partial charge on any atom is 0.307 e. The van der Waals surface area contributed by atoms with Crippen molar-refractivity contribution in [2.75, 3.05) is 13.2 Å². The van der Waals surface area contributed by atoms with Gasteiger partial charge in [0.15, 0.2) is 10.1 Å². The van der Waals surface area contributed by atoms with E-state index in [1.54, 1.807) is 11.8 Å². The Balaban J connectivity index is 1.62. The van der Waals surface area contributed by atoms with Crippen molar-refractivity contribution in [2.24, 2.45) is 0 Å². The molecule has 1 saturated carbocycles. The first-order chi connectivity index (χ1) is 14.4. The van der Waals surface area contributed by atoms with Gasteiger partial charge in [-0.3, -0.25) is 9.59 Å². The number of halogens is 1. The van der Waals surface area contributed by atoms with E-state index in [9.17, 15) is 9.59 Å². The Morgan fingerprint density at radius 1 is 1.20 bits per heavy atom. The number of amides is 1. The van der Waals surface area contributed by atoms with Crippen LogP contribution in [0.5, 0.6) is 0 Å². The van der Waals surface area contributed by atoms with Crippen LogP contribution in [0.2, 0.25) is 0 Å². The summed E-state index contributed by atoms with van der Waals surface area (Å²) < 4.78 is 17.1. The lowest BCUT2D eigenvalue weighted by Gasteiger charge is -2.56. The highest BCUT2D eigenvalue weighted by Gasteiger charge is 2.69. The molecule has 0 N–H and O–H groups in total. The number of benzene rings is 1. The summed E-state index contributed by atoms with van der Waals surface area (Å²) in [6, 6.07) is 9.70. The predicted octanol–water partition coefficient (Wildman–Crippen LogP) is 4.12. The zero-order valence-electron chi connectivity index (χ0n) is 17.6. The normalized spacial score (nSPS) is 32.4. The van der Waals surface area contributed by atoms with Crippen molar-refractivity contribution < 1.29 is 23.8 Å². The molecule has 4 rings (SSSR count). The molecule has 7 heteroatoms. The highest BCUT2D eigenvalue weighted by molar-refractivity contribution is 9.10. The number of carbonyl (C=O) groups is 2. The fourth-order valence-corrected chi connectivity index (χ4v) is 6.23. The molecule has 0 aromatic heterocycles. The van der Waals surface area contributed by atoms with Gasteiger partial charge in [-0.25, -0.2) is 0 Å². The zero-order valence-corrected chi connectivity index (χ0v) is 19.2. The van der Waals surface area contributed by atoms with Crippen LogP contribution in [0.25, 0.3) is 0 Å². The Kier molecular flexibility index (Phi) is 6.24. The fraction of sp³-hybridized carbons (Fsp3) is 0.652. The molecule has 1 aromatic carbocycles. The van der Waals surface area contributed by atoms with Gasteiger partial charge in [-0.1, -0.05) is 53.2 Å². The van der Waals surface area contributed by atoms with Crippen molar-refractivity contribution >= 4 is 27.8 Å². The quantitative estimate of drug-likeness (QED) is 0.334. The number of alkyl halides is 1. The molecule has 1 aromatic rings. The van der Waals surface area contributed by atoms with Gasteiger partial charge in [-0.15, -0.1) is 0 Å². The smallest absolute Gasteiger partial charge is 0.307 e. The molecule has 0 unspecified atom stereocenters. The van der Waals surface area contributed by atoms with Crippen LogP contribution < -0.4 is 0 Å². The fourth-order valence-electron chi connectivity index (χ4n) is 5.10. The van der Waals surface area contributed by atoms with Gasteiger partial charge in [-0.2, -0.15) is 0 Å². The highest BCUT2D eigenvalue weighted by Crippen LogP contribution is 2.57. The van der Waals surface area contributed by atoms with Gasteiger partial charge in [0.1, 0.15) is 6.10 Å². The third-order valence-corrected chi connectivity index (χ3v) is 7.73. The standard InChI is InChI=1S/C23H30BrNO5/c1-3-17-20(30-22(29-17)13-8-9-14-22)23(24)19(16-10-6-5-7-11-16)25(21(23)27)15-12-18(26)28-4-2/h5-7,10-11,17,19-20H,3-4,8-9,12-15H2,1-2H3/t17-,19+,20-,23+/m1/s1. The molecular weight excluding hydrogens is 450 g/mol. The van der Waals surface area contributed by atoms with E-state index < -0.39 is 10.1 Å². The van der Waals surface area contributed by atoms with Crippen LogP contribution >= 0.6 is 15.9 Å². The second-order valence-electron chi connectivity index (χ2n) is 8.36. The molecule has 3 fully saturated rings. The highest BCUT2D eigenvalue weighted by atomic mass is 79.9. The number of hydrogen-bond acceptors (Lipinski definition) is 5. The Labute approximate surface area is 186 Å². The summed E-state index contributed by atoms with van der Waals surface area (Å²) in [6.45, 7) is 4.51. The number of rotatable bonds is 7. The van der Waals surface area contributed by atoms with Crippen molar-refractivity contribution in [3.05, 3.63) is 35.9 Å². The van der Waals surface area contributed by atoms with Gasteiger partial charge in [0.2, 0.25) is 5.91 Å². The molecule has 164 valence electrons. The lowest BCUT2D eigenvalue weighted by Crippen LogP contribution is -2.71. The summed E-state index contributed by atoms with van der Waals surface area (Å²) in [5, 5.41) is 0. The van der Waals surface area contributed by atoms with Crippen LogP contribution in [0.1, 0.15) is 64.0 Å². The van der Waals surface area contributed by atoms with Gasteiger partial charge in [-0.05, 0) is 31.7 Å². The second kappa shape index (κ2) is 8.60. The Bertz CT molecular complexity index is 781. The Morgan fingerprint density at radius 3 is 2.53 bits per heavy atom. The summed E-state index contributed by atoms with van der Waals surface area (Å²) in [6.07, 6.45) is 4.34. The molecule has 2 saturated heterocycles. The van der Waals surface area contributed by atoms with Crippen molar-refractivity contribution in [1.82, 2.24) is 4.90 Å². The molecule has 3 aliphatic rings. The maximum atomic E-state index is 13.5. The molecule has 4 atom stereocenters. The number of hydrogen-bond donors (Lipinski definition) is 0. The SMILES string of the molecule is CCOC(=O)CCN1C(=O)[C@@](Br)([C@@H]2OC3(CCCC3)O[C@@H]2CC)[C@@H]1c1ccccc1. The van der Waals surface area contributed by atoms with Crippen molar-refractivity contribution in [3.8, 4) is 0 Å². The van der Waals surface area contributed by atoms with E-state index in [0.717, 1.165) is 37.7 Å². The first-order valence-electron chi connectivity index (χ1n) is 11.0. The molecule has 2 heterocycles. The molecule has 1 aliphatic carbocycles. The zero-order chi connectivity index (χ0) is 21.4. The number of β-lactam (4-membered cyclic amide) rings is 1. The van der Waals surface area contributed by atoms with Crippen LogP contribution in [-0.4, -0.2) is 52.2 Å². The van der Waals surface area contributed by atoms with Gasteiger partial charge < -0.3 is 19.1 Å². The van der Waals surface area contributed by atoms with E-state index in [-0.39, 0.29) is 36.5 Å². The number of esters is 1. The van der Waals surface area contributed by atoms with E-state index in [1.807, 2.05) is 30.3 Å². The summed E-state index contributed by atoms with van der Waals surface area (Å²) in [5.74, 6) is -0.900. The average molecular weight is 480 g/mol. The summed E-state index contributed by atoms with van der Waals surface area (Å²) in [5.41, 5.74) is 1.02. The molecule has 1 amide bonds. The van der Waals surface area contributed by atoms with E-state index in [2.05, 4.69) is 22.9 Å². The second-order valence-corrected chi connectivity index (χ2v) is 9.67. The van der Waals surface area contributed by atoms with Crippen LogP contribution in [0.4, 0.5) is 0 Å². The third kappa shape index (κ3) is 3.59. The van der Waals surface area contributed by atoms with Crippen LogP contribution in [0.15, 0.2) is 30.3 Å². The lowest BCUT2D eigenvalue weighted by atomic mass is 9.76. The minimum atomic E-state index is -0.907. The van der Waals surface area contributed by atoms with E-state index in [4.69, 9.17) is 14.2 Å². The number of carbonyl (C=O) groups excluding carboxylic acids is 2. The Hall–Kier alpha value is -1.44. The monoisotopic (exact) mass is 479 g/mol. The van der Waals surface area contributed by atoms with Crippen molar-refractivity contribution in [3.63, 3.8) is 0 Å². The predicted molar refractivity (Wildman–Crippen MR) is 115 cm³/mol. The van der Waals surface area contributed by atoms with Crippen molar-refractivity contribution in [2.45, 2.75) is 80.7 Å². The molecule has 30 heavy (non-hydrogen) atoms. The average Bonchev–Trinajstić information content (AvgIpc) is 3.37. The van der Waals surface area contributed by atoms with Gasteiger partial charge in [0.05, 0.1) is 25.2 Å². The minimum Gasteiger partial charge on any atom is -0.466 e. The van der Waals surface area contributed by atoms with E-state index in [1.165, 1.54) is 0 Å². The Morgan fingerprint density at radius 2 is 1.90 bits per heavy atom. The van der Waals surface area contributed by atoms with E-state index >= 15 is 0 Å². The first kappa shape index (κ1) is 21.8. The maximum absolute atomic E-state index is 13.5. The van der Waals surface area contributed by atoms with Crippen LogP contribution in [-0.2, 0) is 23.8 Å². The largest absolute Gasteiger partial charge is 0.466 e. The summed E-state index contributed by atoms with van der Waals surface area (Å²) in [4.78, 5) is 27.1. The van der Waals surface area contributed by atoms with Gasteiger partial charge >= 0.3 is 5.97 Å². The number of nitrogens with zero attached hydrogens (tertiary/aromatic N) is 1. The summed E-state index contributed by atoms with van der Waals surface area (Å²) >= 11 is 3.84. The van der Waals surface area contributed by atoms with Crippen molar-refractivity contribution in [1.29, 1.82) is 0 Å². The molecule has 0 radical (unpaired) electrons. The molecule has 2 aliphatic heterocycles. The lowest BCUT2D eigenvalue weighted by molar-refractivity contribution is -0.184. The third-order valence-electron chi connectivity index (χ3n) is 6.50. The minimum absolute atomic E-state index is 0.0530.